The highest BCUT2D eigenvalue weighted by Crippen LogP contribution is 2.69. The van der Waals surface area contributed by atoms with Gasteiger partial charge in [-0.25, -0.2) is 0 Å². The van der Waals surface area contributed by atoms with Gasteiger partial charge in [0.15, 0.2) is 17.6 Å². The molecule has 32 heavy (non-hydrogen) atoms. The maximum Gasteiger partial charge on any atom is 0.166 e. The van der Waals surface area contributed by atoms with Crippen LogP contribution in [0.15, 0.2) is 48.6 Å². The summed E-state index contributed by atoms with van der Waals surface area (Å²) in [5.41, 5.74) is 5.62. The first kappa shape index (κ1) is 18.8. The maximum absolute atomic E-state index is 12.8. The molecule has 1 aromatic heterocycles. The molecule has 0 radical (unpaired) electrons. The van der Waals surface area contributed by atoms with Gasteiger partial charge in [-0.3, -0.25) is 4.90 Å². The Bertz CT molecular complexity index is 1310. The summed E-state index contributed by atoms with van der Waals surface area (Å²) in [6.45, 7) is 7.98. The molecule has 7 rings (SSSR count). The van der Waals surface area contributed by atoms with Crippen LogP contribution in [-0.4, -0.2) is 46.8 Å². The molecule has 4 aliphatic rings. The molecule has 2 N–H and O–H groups in total. The number of ether oxygens (including phenoxy) is 2. The first-order valence-corrected chi connectivity index (χ1v) is 11.6. The first-order chi connectivity index (χ1) is 15.5. The Hall–Kier alpha value is -2.76. The van der Waals surface area contributed by atoms with Crippen LogP contribution >= 0.6 is 0 Å². The molecule has 3 heterocycles. The number of aromatic amines is 1. The van der Waals surface area contributed by atoms with Gasteiger partial charge < -0.3 is 19.6 Å². The van der Waals surface area contributed by atoms with E-state index in [2.05, 4.69) is 53.7 Å². The Balaban J connectivity index is 1.54. The van der Waals surface area contributed by atoms with Crippen molar-refractivity contribution in [3.05, 3.63) is 70.9 Å². The Morgan fingerprint density at radius 3 is 2.97 bits per heavy atom. The second kappa shape index (κ2) is 5.97. The van der Waals surface area contributed by atoms with E-state index >= 15 is 0 Å². The zero-order valence-electron chi connectivity index (χ0n) is 18.6. The number of nitrogens with zero attached hydrogens (tertiary/aromatic N) is 1. The molecule has 0 saturated carbocycles. The van der Waals surface area contributed by atoms with Crippen LogP contribution in [0.2, 0.25) is 0 Å². The zero-order chi connectivity index (χ0) is 21.8. The lowest BCUT2D eigenvalue weighted by atomic mass is 9.49. The molecule has 164 valence electrons. The molecule has 2 aliphatic carbocycles. The monoisotopic (exact) mass is 428 g/mol. The zero-order valence-corrected chi connectivity index (χ0v) is 18.6. The summed E-state index contributed by atoms with van der Waals surface area (Å²) in [6, 6.07) is 12.6. The van der Waals surface area contributed by atoms with E-state index in [1.165, 1.54) is 22.1 Å². The number of nitrogens with one attached hydrogen (secondary N) is 1. The minimum Gasteiger partial charge on any atom is -0.493 e. The molecular formula is C27H28N2O3. The number of likely N-dealkylation sites (tertiary alicyclic amines) is 1. The third-order valence-electron chi connectivity index (χ3n) is 8.56. The summed E-state index contributed by atoms with van der Waals surface area (Å²) in [5.74, 6) is 1.59. The molecule has 1 spiro atoms. The van der Waals surface area contributed by atoms with E-state index < -0.39 is 11.0 Å². The number of H-pyrrole nitrogens is 1. The van der Waals surface area contributed by atoms with Crippen LogP contribution in [0.5, 0.6) is 11.5 Å². The topological polar surface area (TPSA) is 57.7 Å². The Morgan fingerprint density at radius 2 is 2.16 bits per heavy atom. The Labute approximate surface area is 187 Å². The fourth-order valence-corrected chi connectivity index (χ4v) is 7.41. The summed E-state index contributed by atoms with van der Waals surface area (Å²) < 4.78 is 12.5. The second-order valence-corrected chi connectivity index (χ2v) is 10.2. The van der Waals surface area contributed by atoms with E-state index in [9.17, 15) is 5.11 Å². The summed E-state index contributed by atoms with van der Waals surface area (Å²) in [4.78, 5) is 6.13. The van der Waals surface area contributed by atoms with Crippen molar-refractivity contribution in [2.45, 2.75) is 49.3 Å². The van der Waals surface area contributed by atoms with Crippen LogP contribution in [0.4, 0.5) is 0 Å². The number of methoxy groups -OCH3 is 1. The highest BCUT2D eigenvalue weighted by atomic mass is 16.5. The summed E-state index contributed by atoms with van der Waals surface area (Å²) in [5, 5.41) is 14.0. The third-order valence-corrected chi connectivity index (χ3v) is 8.56. The fourth-order valence-electron chi connectivity index (χ4n) is 7.41. The van der Waals surface area contributed by atoms with Gasteiger partial charge in [-0.05, 0) is 43.0 Å². The summed E-state index contributed by atoms with van der Waals surface area (Å²) >= 11 is 0. The number of aromatic nitrogens is 1. The lowest BCUT2D eigenvalue weighted by Gasteiger charge is -2.62. The lowest BCUT2D eigenvalue weighted by molar-refractivity contribution is -0.170. The van der Waals surface area contributed by atoms with Crippen LogP contribution in [0.3, 0.4) is 0 Å². The molecule has 0 unspecified atom stereocenters. The molecule has 2 bridgehead atoms. The van der Waals surface area contributed by atoms with Crippen molar-refractivity contribution in [3.8, 4) is 11.5 Å². The summed E-state index contributed by atoms with van der Waals surface area (Å²) in [7, 11) is 1.70. The number of benzene rings is 2. The molecule has 5 heteroatoms. The molecule has 2 aromatic carbocycles. The van der Waals surface area contributed by atoms with Gasteiger partial charge in [0, 0.05) is 42.0 Å². The van der Waals surface area contributed by atoms with Gasteiger partial charge in [-0.2, -0.15) is 0 Å². The third kappa shape index (κ3) is 1.98. The second-order valence-electron chi connectivity index (χ2n) is 10.2. The molecule has 2 aliphatic heterocycles. The van der Waals surface area contributed by atoms with Gasteiger partial charge in [0.05, 0.1) is 23.8 Å². The van der Waals surface area contributed by atoms with Crippen molar-refractivity contribution in [1.29, 1.82) is 0 Å². The van der Waals surface area contributed by atoms with Gasteiger partial charge in [-0.1, -0.05) is 36.4 Å². The number of para-hydroxylation sites is 1. The van der Waals surface area contributed by atoms with Crippen molar-refractivity contribution < 1.29 is 14.6 Å². The van der Waals surface area contributed by atoms with Crippen LogP contribution in [0, 0.1) is 0 Å². The Kier molecular flexibility index (Phi) is 3.50. The van der Waals surface area contributed by atoms with Crippen LogP contribution < -0.4 is 9.47 Å². The van der Waals surface area contributed by atoms with E-state index in [0.717, 1.165) is 54.2 Å². The number of hydrogen-bond acceptors (Lipinski definition) is 4. The molecule has 5 nitrogen and oxygen atoms in total. The normalized spacial score (nSPS) is 31.7. The highest BCUT2D eigenvalue weighted by Gasteiger charge is 2.72. The van der Waals surface area contributed by atoms with Crippen LogP contribution in [0.25, 0.3) is 10.9 Å². The van der Waals surface area contributed by atoms with Crippen molar-refractivity contribution in [1.82, 2.24) is 9.88 Å². The van der Waals surface area contributed by atoms with Crippen molar-refractivity contribution in [3.63, 3.8) is 0 Å². The number of rotatable bonds is 3. The van der Waals surface area contributed by atoms with Gasteiger partial charge in [0.1, 0.15) is 0 Å². The minimum absolute atomic E-state index is 0.0210. The number of piperidine rings is 1. The predicted octanol–water partition coefficient (Wildman–Crippen LogP) is 4.04. The molecule has 0 amide bonds. The van der Waals surface area contributed by atoms with Gasteiger partial charge in [0.25, 0.3) is 0 Å². The van der Waals surface area contributed by atoms with Crippen LogP contribution in [-0.2, 0) is 18.3 Å². The van der Waals surface area contributed by atoms with Crippen molar-refractivity contribution in [2.75, 3.05) is 20.2 Å². The predicted molar refractivity (Wildman–Crippen MR) is 123 cm³/mol. The fraction of sp³-hybridized carbons (Fsp3) is 0.407. The number of fused-ring (bicyclic) bond motifs is 4. The lowest BCUT2D eigenvalue weighted by Crippen LogP contribution is -2.74. The first-order valence-electron chi connectivity index (χ1n) is 11.6. The van der Waals surface area contributed by atoms with Gasteiger partial charge in [0.2, 0.25) is 0 Å². The van der Waals surface area contributed by atoms with E-state index in [1.807, 2.05) is 6.07 Å². The largest absolute Gasteiger partial charge is 0.493 e. The van der Waals surface area contributed by atoms with E-state index in [-0.39, 0.29) is 12.1 Å². The molecule has 1 saturated heterocycles. The molecular weight excluding hydrogens is 400 g/mol. The minimum atomic E-state index is -0.923. The SMILES string of the molecule is C=C(C)CN1CC[C@]23c4c5ccc(OC)c4O[C@H]2c2[nH]c4ccccc4c2C[C@@]3(O)[C@H]1C5. The van der Waals surface area contributed by atoms with Crippen molar-refractivity contribution in [2.24, 2.45) is 0 Å². The quantitative estimate of drug-likeness (QED) is 0.618. The van der Waals surface area contributed by atoms with E-state index in [0.29, 0.717) is 6.42 Å². The summed E-state index contributed by atoms with van der Waals surface area (Å²) in [6.07, 6.45) is 2.04. The average molecular weight is 429 g/mol. The van der Waals surface area contributed by atoms with Gasteiger partial charge >= 0.3 is 0 Å². The number of aliphatic hydroxyl groups is 1. The highest BCUT2D eigenvalue weighted by molar-refractivity contribution is 5.86. The molecule has 1 fully saturated rings. The standard InChI is InChI=1S/C27H28N2O3/c1-15(2)14-29-11-10-26-22-16-8-9-20(31-3)24(22)32-25(26)23-18(13-27(26,30)21(29)12-16)17-6-4-5-7-19(17)28-23/h4-9,21,25,28,30H,1,10-14H2,2-3H3/t21-,25+,26+,27-/m1/s1. The van der Waals surface area contributed by atoms with E-state index in [4.69, 9.17) is 9.47 Å². The Morgan fingerprint density at radius 1 is 1.31 bits per heavy atom. The van der Waals surface area contributed by atoms with Crippen molar-refractivity contribution >= 4 is 10.9 Å². The maximum atomic E-state index is 12.8. The smallest absolute Gasteiger partial charge is 0.166 e. The van der Waals surface area contributed by atoms with E-state index in [1.54, 1.807) is 7.11 Å². The number of hydrogen-bond donors (Lipinski definition) is 2. The molecule has 3 aromatic rings. The van der Waals surface area contributed by atoms with Crippen LogP contribution in [0.1, 0.15) is 41.8 Å². The molecule has 4 atom stereocenters. The van der Waals surface area contributed by atoms with Gasteiger partial charge in [-0.15, -0.1) is 0 Å². The average Bonchev–Trinajstić information content (AvgIpc) is 3.30.